The summed E-state index contributed by atoms with van der Waals surface area (Å²) in [5, 5.41) is 3.90. The first kappa shape index (κ1) is 21.8. The van der Waals surface area contributed by atoms with E-state index >= 15 is 0 Å². The molecule has 8 heteroatoms. The van der Waals surface area contributed by atoms with Crippen LogP contribution in [0, 0.1) is 6.92 Å². The molecule has 1 unspecified atom stereocenters. The van der Waals surface area contributed by atoms with Gasteiger partial charge in [-0.25, -0.2) is 0 Å². The molecule has 1 aromatic carbocycles. The summed E-state index contributed by atoms with van der Waals surface area (Å²) in [7, 11) is 1.70. The van der Waals surface area contributed by atoms with Crippen LogP contribution in [0.4, 0.5) is 5.00 Å². The van der Waals surface area contributed by atoms with Gasteiger partial charge in [-0.05, 0) is 37.6 Å². The molecule has 0 aliphatic carbocycles. The number of nitrogens with one attached hydrogen (secondary N) is 1. The summed E-state index contributed by atoms with van der Waals surface area (Å²) in [6, 6.07) is 9.02. The van der Waals surface area contributed by atoms with Gasteiger partial charge in [0.1, 0.15) is 0 Å². The van der Waals surface area contributed by atoms with Crippen LogP contribution in [0.2, 0.25) is 5.02 Å². The number of amides is 2. The van der Waals surface area contributed by atoms with Gasteiger partial charge in [0.15, 0.2) is 0 Å². The summed E-state index contributed by atoms with van der Waals surface area (Å²) in [5.41, 5.74) is 1.28. The highest BCUT2D eigenvalue weighted by molar-refractivity contribution is 7.18. The molecular weight excluding hydrogens is 410 g/mol. The largest absolute Gasteiger partial charge is 0.383 e. The Kier molecular flexibility index (Phi) is 7.29. The van der Waals surface area contributed by atoms with E-state index in [1.807, 2.05) is 17.9 Å². The molecule has 3 rings (SSSR count). The zero-order valence-electron chi connectivity index (χ0n) is 16.9. The van der Waals surface area contributed by atoms with Crippen LogP contribution in [0.15, 0.2) is 30.3 Å². The van der Waals surface area contributed by atoms with E-state index in [0.717, 1.165) is 18.7 Å². The fourth-order valence-electron chi connectivity index (χ4n) is 3.44. The highest BCUT2D eigenvalue weighted by Gasteiger charge is 2.28. The topological polar surface area (TPSA) is 61.9 Å². The Hall–Kier alpha value is -1.93. The highest BCUT2D eigenvalue weighted by Crippen LogP contribution is 2.29. The quantitative estimate of drug-likeness (QED) is 0.750. The lowest BCUT2D eigenvalue weighted by Crippen LogP contribution is -2.54. The molecule has 2 heterocycles. The first-order valence-electron chi connectivity index (χ1n) is 9.59. The van der Waals surface area contributed by atoms with Crippen LogP contribution in [-0.4, -0.2) is 67.6 Å². The first-order valence-corrected chi connectivity index (χ1v) is 10.8. The predicted molar refractivity (Wildman–Crippen MR) is 117 cm³/mol. The minimum atomic E-state index is -0.281. The van der Waals surface area contributed by atoms with Gasteiger partial charge in [0.05, 0.1) is 27.1 Å². The Labute approximate surface area is 180 Å². The van der Waals surface area contributed by atoms with Crippen molar-refractivity contribution in [3.63, 3.8) is 0 Å². The molecule has 1 aliphatic rings. The molecule has 1 aliphatic heterocycles. The van der Waals surface area contributed by atoms with E-state index in [1.54, 1.807) is 31.4 Å². The lowest BCUT2D eigenvalue weighted by molar-refractivity contribution is 0.0437. The maximum Gasteiger partial charge on any atom is 0.264 e. The monoisotopic (exact) mass is 435 g/mol. The summed E-state index contributed by atoms with van der Waals surface area (Å²) in [6.45, 7) is 7.79. The normalized spacial score (nSPS) is 17.4. The summed E-state index contributed by atoms with van der Waals surface area (Å²) in [5.74, 6) is -0.264. The maximum absolute atomic E-state index is 13.1. The second-order valence-electron chi connectivity index (χ2n) is 7.19. The molecule has 0 bridgehead atoms. The van der Waals surface area contributed by atoms with Gasteiger partial charge >= 0.3 is 0 Å². The molecular formula is C21H26ClN3O3S. The second kappa shape index (κ2) is 9.71. The third-order valence-electron chi connectivity index (χ3n) is 5.10. The molecule has 1 N–H and O–H groups in total. The third-order valence-corrected chi connectivity index (χ3v) is 6.57. The number of nitrogens with zero attached hydrogens (tertiary/aromatic N) is 2. The van der Waals surface area contributed by atoms with E-state index in [0.29, 0.717) is 40.2 Å². The lowest BCUT2D eigenvalue weighted by atomic mass is 10.1. The van der Waals surface area contributed by atoms with Crippen LogP contribution in [0.5, 0.6) is 0 Å². The van der Waals surface area contributed by atoms with Gasteiger partial charge in [-0.15, -0.1) is 11.3 Å². The third kappa shape index (κ3) is 5.17. The van der Waals surface area contributed by atoms with Crippen molar-refractivity contribution in [1.29, 1.82) is 0 Å². The number of ether oxygens (including phenoxy) is 1. The van der Waals surface area contributed by atoms with Crippen molar-refractivity contribution in [2.75, 3.05) is 45.2 Å². The average Bonchev–Trinajstić information content (AvgIpc) is 3.06. The van der Waals surface area contributed by atoms with Gasteiger partial charge in [0, 0.05) is 39.3 Å². The molecule has 0 radical (unpaired) electrons. The van der Waals surface area contributed by atoms with Crippen LogP contribution in [0.3, 0.4) is 0 Å². The fraction of sp³-hybridized carbons (Fsp3) is 0.429. The number of methoxy groups -OCH3 is 1. The van der Waals surface area contributed by atoms with Gasteiger partial charge < -0.3 is 15.0 Å². The molecule has 1 aromatic heterocycles. The zero-order valence-corrected chi connectivity index (χ0v) is 18.5. The number of thiophene rings is 1. The molecule has 1 saturated heterocycles. The minimum absolute atomic E-state index is 0.0176. The van der Waals surface area contributed by atoms with Crippen LogP contribution in [0.1, 0.15) is 32.5 Å². The van der Waals surface area contributed by atoms with Crippen molar-refractivity contribution >= 4 is 39.8 Å². The second-order valence-corrected chi connectivity index (χ2v) is 8.65. The molecule has 2 amide bonds. The number of carbonyl (C=O) groups is 2. The Morgan fingerprint density at radius 2 is 2.07 bits per heavy atom. The number of piperazine rings is 1. The molecule has 0 saturated carbocycles. The number of hydrogen-bond acceptors (Lipinski definition) is 5. The number of anilines is 1. The van der Waals surface area contributed by atoms with Gasteiger partial charge in [-0.2, -0.15) is 0 Å². The average molecular weight is 436 g/mol. The van der Waals surface area contributed by atoms with Crippen molar-refractivity contribution in [1.82, 2.24) is 9.80 Å². The highest BCUT2D eigenvalue weighted by atomic mass is 35.5. The van der Waals surface area contributed by atoms with Gasteiger partial charge in [-0.3, -0.25) is 14.5 Å². The van der Waals surface area contributed by atoms with E-state index in [1.165, 1.54) is 11.3 Å². The molecule has 2 aromatic rings. The Balaban J connectivity index is 1.66. The van der Waals surface area contributed by atoms with Crippen LogP contribution in [0.25, 0.3) is 0 Å². The predicted octanol–water partition coefficient (Wildman–Crippen LogP) is 3.75. The smallest absolute Gasteiger partial charge is 0.264 e. The number of carbonyl (C=O) groups excluding carboxylic acids is 2. The molecule has 0 spiro atoms. The van der Waals surface area contributed by atoms with Gasteiger partial charge in [0.25, 0.3) is 11.8 Å². The molecule has 156 valence electrons. The summed E-state index contributed by atoms with van der Waals surface area (Å²) >= 11 is 7.41. The first-order chi connectivity index (χ1) is 13.9. The number of benzene rings is 1. The Morgan fingerprint density at radius 3 is 2.76 bits per heavy atom. The van der Waals surface area contributed by atoms with Crippen molar-refractivity contribution in [2.45, 2.75) is 19.9 Å². The number of halogens is 1. The standard InChI is InChI=1S/C21H26ClN3O3S/c1-14-12-18(23-20(26)16-6-4-5-7-17(16)22)29-19(14)21(27)25-9-8-24(10-11-28-3)15(2)13-25/h4-7,12,15H,8-11,13H2,1-3H3,(H,23,26). The number of hydrogen-bond donors (Lipinski definition) is 1. The Bertz CT molecular complexity index is 886. The summed E-state index contributed by atoms with van der Waals surface area (Å²) in [4.78, 5) is 30.5. The SMILES string of the molecule is COCCN1CCN(C(=O)c2sc(NC(=O)c3ccccc3Cl)cc2C)CC1C. The van der Waals surface area contributed by atoms with Crippen molar-refractivity contribution in [2.24, 2.45) is 0 Å². The van der Waals surface area contributed by atoms with Gasteiger partial charge in [-0.1, -0.05) is 23.7 Å². The van der Waals surface area contributed by atoms with Crippen molar-refractivity contribution in [3.05, 3.63) is 51.4 Å². The summed E-state index contributed by atoms with van der Waals surface area (Å²) in [6.07, 6.45) is 0. The van der Waals surface area contributed by atoms with E-state index in [-0.39, 0.29) is 17.9 Å². The minimum Gasteiger partial charge on any atom is -0.383 e. The van der Waals surface area contributed by atoms with Crippen LogP contribution < -0.4 is 5.32 Å². The fourth-order valence-corrected chi connectivity index (χ4v) is 4.70. The van der Waals surface area contributed by atoms with E-state index < -0.39 is 0 Å². The molecule has 1 atom stereocenters. The lowest BCUT2D eigenvalue weighted by Gasteiger charge is -2.39. The summed E-state index contributed by atoms with van der Waals surface area (Å²) < 4.78 is 5.16. The maximum atomic E-state index is 13.1. The van der Waals surface area contributed by atoms with E-state index in [4.69, 9.17) is 16.3 Å². The van der Waals surface area contributed by atoms with Crippen molar-refractivity contribution < 1.29 is 14.3 Å². The molecule has 6 nitrogen and oxygen atoms in total. The van der Waals surface area contributed by atoms with E-state index in [2.05, 4.69) is 17.1 Å². The zero-order chi connectivity index (χ0) is 21.0. The van der Waals surface area contributed by atoms with Gasteiger partial charge in [0.2, 0.25) is 0 Å². The molecule has 1 fully saturated rings. The number of aryl methyl sites for hydroxylation is 1. The van der Waals surface area contributed by atoms with Crippen LogP contribution >= 0.6 is 22.9 Å². The van der Waals surface area contributed by atoms with Crippen LogP contribution in [-0.2, 0) is 4.74 Å². The Morgan fingerprint density at radius 1 is 1.31 bits per heavy atom. The number of rotatable bonds is 6. The molecule has 29 heavy (non-hydrogen) atoms. The van der Waals surface area contributed by atoms with Crippen molar-refractivity contribution in [3.8, 4) is 0 Å². The van der Waals surface area contributed by atoms with E-state index in [9.17, 15) is 9.59 Å².